The highest BCUT2D eigenvalue weighted by atomic mass is 16.4. The Morgan fingerprint density at radius 1 is 1.23 bits per heavy atom. The third-order valence-corrected chi connectivity index (χ3v) is 1.93. The fourth-order valence-electron chi connectivity index (χ4n) is 1.24. The van der Waals surface area contributed by atoms with Crippen LogP contribution < -0.4 is 0 Å². The number of hydrogen-bond acceptors (Lipinski definition) is 2. The molecular formula is C9H16O4. The van der Waals surface area contributed by atoms with E-state index in [2.05, 4.69) is 0 Å². The minimum atomic E-state index is -0.861. The summed E-state index contributed by atoms with van der Waals surface area (Å²) in [6, 6.07) is 0. The van der Waals surface area contributed by atoms with Crippen molar-refractivity contribution in [1.82, 2.24) is 0 Å². The van der Waals surface area contributed by atoms with E-state index in [-0.39, 0.29) is 12.3 Å². The van der Waals surface area contributed by atoms with E-state index in [4.69, 9.17) is 10.2 Å². The summed E-state index contributed by atoms with van der Waals surface area (Å²) in [6.07, 6.45) is 2.44. The van der Waals surface area contributed by atoms with Crippen LogP contribution >= 0.6 is 0 Å². The van der Waals surface area contributed by atoms with E-state index in [1.165, 1.54) is 0 Å². The van der Waals surface area contributed by atoms with Gasteiger partial charge < -0.3 is 10.2 Å². The van der Waals surface area contributed by atoms with Crippen LogP contribution in [-0.2, 0) is 9.59 Å². The molecule has 76 valence electrons. The highest BCUT2D eigenvalue weighted by Crippen LogP contribution is 2.14. The molecule has 0 aliphatic heterocycles. The summed E-state index contributed by atoms with van der Waals surface area (Å²) in [7, 11) is 0. The molecular weight excluding hydrogens is 172 g/mol. The van der Waals surface area contributed by atoms with Crippen molar-refractivity contribution in [1.29, 1.82) is 0 Å². The van der Waals surface area contributed by atoms with Gasteiger partial charge >= 0.3 is 11.9 Å². The van der Waals surface area contributed by atoms with Gasteiger partial charge in [-0.3, -0.25) is 9.59 Å². The van der Waals surface area contributed by atoms with Crippen LogP contribution in [0.25, 0.3) is 0 Å². The minimum Gasteiger partial charge on any atom is -0.481 e. The Kier molecular flexibility index (Phi) is 5.93. The van der Waals surface area contributed by atoms with Gasteiger partial charge in [-0.2, -0.15) is 0 Å². The summed E-state index contributed by atoms with van der Waals surface area (Å²) in [4.78, 5) is 20.8. The van der Waals surface area contributed by atoms with Gasteiger partial charge in [-0.05, 0) is 19.3 Å². The average molecular weight is 188 g/mol. The van der Waals surface area contributed by atoms with E-state index in [0.29, 0.717) is 19.3 Å². The van der Waals surface area contributed by atoms with E-state index in [0.717, 1.165) is 6.42 Å². The lowest BCUT2D eigenvalue weighted by atomic mass is 9.97. The third-order valence-electron chi connectivity index (χ3n) is 1.93. The Balaban J connectivity index is 3.69. The first kappa shape index (κ1) is 11.9. The van der Waals surface area contributed by atoms with Gasteiger partial charge in [0.2, 0.25) is 0 Å². The molecule has 0 aromatic carbocycles. The van der Waals surface area contributed by atoms with Crippen molar-refractivity contribution in [2.75, 3.05) is 0 Å². The highest BCUT2D eigenvalue weighted by Gasteiger charge is 2.15. The molecule has 0 unspecified atom stereocenters. The summed E-state index contributed by atoms with van der Waals surface area (Å²) in [5.41, 5.74) is 0. The van der Waals surface area contributed by atoms with Gasteiger partial charge in [0.25, 0.3) is 0 Å². The zero-order chi connectivity index (χ0) is 10.3. The third kappa shape index (κ3) is 6.13. The summed E-state index contributed by atoms with van der Waals surface area (Å²) >= 11 is 0. The van der Waals surface area contributed by atoms with Crippen molar-refractivity contribution in [3.63, 3.8) is 0 Å². The van der Waals surface area contributed by atoms with Crippen molar-refractivity contribution >= 4 is 11.9 Å². The Labute approximate surface area is 77.6 Å². The van der Waals surface area contributed by atoms with Crippen LogP contribution in [0, 0.1) is 5.92 Å². The van der Waals surface area contributed by atoms with Gasteiger partial charge in [0.05, 0.1) is 5.92 Å². The standard InChI is InChI=1S/C9H16O4/c1-2-4-7(9(12)13)5-3-6-8(10)11/h7H,2-6H2,1H3,(H,10,11)(H,12,13)/t7-/m1/s1. The molecule has 0 saturated carbocycles. The summed E-state index contributed by atoms with van der Waals surface area (Å²) in [6.45, 7) is 1.92. The van der Waals surface area contributed by atoms with Crippen LogP contribution in [0.1, 0.15) is 39.0 Å². The van der Waals surface area contributed by atoms with Crippen LogP contribution in [0.15, 0.2) is 0 Å². The van der Waals surface area contributed by atoms with E-state index >= 15 is 0 Å². The SMILES string of the molecule is CCC[C@H](CCCC(=O)O)C(=O)O. The Morgan fingerprint density at radius 2 is 1.85 bits per heavy atom. The molecule has 0 aromatic heterocycles. The first-order chi connectivity index (χ1) is 6.07. The molecule has 0 radical (unpaired) electrons. The van der Waals surface area contributed by atoms with Crippen LogP contribution in [0.5, 0.6) is 0 Å². The number of carboxylic acids is 2. The number of carboxylic acid groups (broad SMARTS) is 2. The largest absolute Gasteiger partial charge is 0.481 e. The van der Waals surface area contributed by atoms with E-state index in [1.807, 2.05) is 6.92 Å². The zero-order valence-corrected chi connectivity index (χ0v) is 7.82. The smallest absolute Gasteiger partial charge is 0.306 e. The van der Waals surface area contributed by atoms with Crippen LogP contribution in [0.4, 0.5) is 0 Å². The normalized spacial score (nSPS) is 12.4. The molecule has 4 heteroatoms. The van der Waals surface area contributed by atoms with E-state index in [9.17, 15) is 9.59 Å². The second-order valence-electron chi connectivity index (χ2n) is 3.11. The first-order valence-corrected chi connectivity index (χ1v) is 4.52. The van der Waals surface area contributed by atoms with Crippen molar-refractivity contribution in [3.05, 3.63) is 0 Å². The number of rotatable bonds is 7. The maximum absolute atomic E-state index is 10.6. The Morgan fingerprint density at radius 3 is 2.23 bits per heavy atom. The molecule has 0 aliphatic carbocycles. The predicted octanol–water partition coefficient (Wildman–Crippen LogP) is 1.74. The van der Waals surface area contributed by atoms with Crippen LogP contribution in [0.2, 0.25) is 0 Å². The molecule has 0 saturated heterocycles. The topological polar surface area (TPSA) is 74.6 Å². The van der Waals surface area contributed by atoms with Crippen molar-refractivity contribution < 1.29 is 19.8 Å². The molecule has 0 fully saturated rings. The fraction of sp³-hybridized carbons (Fsp3) is 0.778. The molecule has 0 rings (SSSR count). The second kappa shape index (κ2) is 6.46. The lowest BCUT2D eigenvalue weighted by Crippen LogP contribution is -2.13. The van der Waals surface area contributed by atoms with Gasteiger partial charge in [-0.1, -0.05) is 13.3 Å². The van der Waals surface area contributed by atoms with Gasteiger partial charge in [-0.25, -0.2) is 0 Å². The monoisotopic (exact) mass is 188 g/mol. The van der Waals surface area contributed by atoms with Gasteiger partial charge in [-0.15, -0.1) is 0 Å². The maximum Gasteiger partial charge on any atom is 0.306 e. The fourth-order valence-corrected chi connectivity index (χ4v) is 1.24. The molecule has 2 N–H and O–H groups in total. The quantitative estimate of drug-likeness (QED) is 0.638. The lowest BCUT2D eigenvalue weighted by Gasteiger charge is -2.09. The van der Waals surface area contributed by atoms with E-state index in [1.54, 1.807) is 0 Å². The summed E-state index contributed by atoms with van der Waals surface area (Å²) < 4.78 is 0. The minimum absolute atomic E-state index is 0.0630. The van der Waals surface area contributed by atoms with Gasteiger partial charge in [0.15, 0.2) is 0 Å². The van der Waals surface area contributed by atoms with Crippen LogP contribution in [-0.4, -0.2) is 22.2 Å². The van der Waals surface area contributed by atoms with Crippen LogP contribution in [0.3, 0.4) is 0 Å². The summed E-state index contributed by atoms with van der Waals surface area (Å²) in [5.74, 6) is -2.04. The molecule has 0 heterocycles. The molecule has 0 spiro atoms. The first-order valence-electron chi connectivity index (χ1n) is 4.52. The molecule has 1 atom stereocenters. The second-order valence-corrected chi connectivity index (χ2v) is 3.11. The van der Waals surface area contributed by atoms with Crippen molar-refractivity contribution in [2.45, 2.75) is 39.0 Å². The molecule has 0 aliphatic rings. The van der Waals surface area contributed by atoms with Gasteiger partial charge in [0, 0.05) is 6.42 Å². The predicted molar refractivity (Wildman–Crippen MR) is 47.5 cm³/mol. The molecule has 0 aromatic rings. The maximum atomic E-state index is 10.6. The lowest BCUT2D eigenvalue weighted by molar-refractivity contribution is -0.143. The van der Waals surface area contributed by atoms with Gasteiger partial charge in [0.1, 0.15) is 0 Å². The molecule has 4 nitrogen and oxygen atoms in total. The molecule has 13 heavy (non-hydrogen) atoms. The number of hydrogen-bond donors (Lipinski definition) is 2. The Bertz CT molecular complexity index is 176. The number of carbonyl (C=O) groups is 2. The number of aliphatic carboxylic acids is 2. The highest BCUT2D eigenvalue weighted by molar-refractivity contribution is 5.70. The average Bonchev–Trinajstić information content (AvgIpc) is 2.02. The molecule has 0 bridgehead atoms. The zero-order valence-electron chi connectivity index (χ0n) is 7.82. The molecule has 0 amide bonds. The Hall–Kier alpha value is -1.06. The van der Waals surface area contributed by atoms with Crippen molar-refractivity contribution in [3.8, 4) is 0 Å². The van der Waals surface area contributed by atoms with E-state index < -0.39 is 11.9 Å². The summed E-state index contributed by atoms with van der Waals surface area (Å²) in [5, 5.41) is 17.1. The van der Waals surface area contributed by atoms with Crippen molar-refractivity contribution in [2.24, 2.45) is 5.92 Å².